The zero-order valence-corrected chi connectivity index (χ0v) is 17.7. The first-order valence-corrected chi connectivity index (χ1v) is 10.8. The van der Waals surface area contributed by atoms with E-state index in [-0.39, 0.29) is 0 Å². The van der Waals surface area contributed by atoms with E-state index >= 15 is 0 Å². The SMILES string of the molecule is Cc1cccc2c1c1ccccc1n2-c1nc(-c2ccccc2)cc(-c2ccccc2)n1. The van der Waals surface area contributed by atoms with Crippen molar-refractivity contribution in [2.45, 2.75) is 6.92 Å². The average Bonchev–Trinajstić information content (AvgIpc) is 3.20. The van der Waals surface area contributed by atoms with E-state index in [1.165, 1.54) is 16.3 Å². The third kappa shape index (κ3) is 2.98. The lowest BCUT2D eigenvalue weighted by Crippen LogP contribution is -2.04. The normalized spacial score (nSPS) is 11.3. The Hall–Kier alpha value is -4.24. The third-order valence-electron chi connectivity index (χ3n) is 5.96. The molecule has 32 heavy (non-hydrogen) atoms. The van der Waals surface area contributed by atoms with Crippen molar-refractivity contribution in [3.8, 4) is 28.5 Å². The van der Waals surface area contributed by atoms with E-state index in [0.29, 0.717) is 5.95 Å². The maximum atomic E-state index is 5.05. The van der Waals surface area contributed by atoms with E-state index in [9.17, 15) is 0 Å². The van der Waals surface area contributed by atoms with E-state index < -0.39 is 0 Å². The highest BCUT2D eigenvalue weighted by molar-refractivity contribution is 6.10. The minimum Gasteiger partial charge on any atom is -0.278 e. The molecule has 0 aliphatic rings. The Morgan fingerprint density at radius 2 is 1.12 bits per heavy atom. The molecule has 6 aromatic rings. The lowest BCUT2D eigenvalue weighted by Gasteiger charge is -2.11. The van der Waals surface area contributed by atoms with Crippen molar-refractivity contribution in [1.29, 1.82) is 0 Å². The molecule has 0 saturated carbocycles. The summed E-state index contributed by atoms with van der Waals surface area (Å²) in [7, 11) is 0. The summed E-state index contributed by atoms with van der Waals surface area (Å²) in [6, 6.07) is 37.6. The molecule has 0 N–H and O–H groups in total. The lowest BCUT2D eigenvalue weighted by atomic mass is 10.1. The minimum atomic E-state index is 0.682. The number of aromatic nitrogens is 3. The van der Waals surface area contributed by atoms with Crippen molar-refractivity contribution in [1.82, 2.24) is 14.5 Å². The van der Waals surface area contributed by atoms with Gasteiger partial charge in [-0.2, -0.15) is 0 Å². The molecule has 0 unspecified atom stereocenters. The smallest absolute Gasteiger partial charge is 0.235 e. The molecule has 0 aliphatic carbocycles. The number of hydrogen-bond acceptors (Lipinski definition) is 2. The Balaban J connectivity index is 1.71. The standard InChI is InChI=1S/C29H21N3/c1-20-11-10-18-27-28(20)23-16-8-9-17-26(23)32(27)29-30-24(21-12-4-2-5-13-21)19-25(31-29)22-14-6-3-7-15-22/h2-19H,1H3. The molecule has 0 radical (unpaired) electrons. The van der Waals surface area contributed by atoms with Gasteiger partial charge in [0.25, 0.3) is 0 Å². The summed E-state index contributed by atoms with van der Waals surface area (Å²) >= 11 is 0. The van der Waals surface area contributed by atoms with E-state index in [1.54, 1.807) is 0 Å². The maximum Gasteiger partial charge on any atom is 0.235 e. The Morgan fingerprint density at radius 1 is 0.562 bits per heavy atom. The molecule has 3 heteroatoms. The van der Waals surface area contributed by atoms with Crippen LogP contribution in [0.5, 0.6) is 0 Å². The molecule has 3 nitrogen and oxygen atoms in total. The van der Waals surface area contributed by atoms with Crippen LogP contribution in [0.25, 0.3) is 50.3 Å². The fourth-order valence-electron chi connectivity index (χ4n) is 4.46. The zero-order chi connectivity index (χ0) is 21.5. The quantitative estimate of drug-likeness (QED) is 0.308. The van der Waals surface area contributed by atoms with E-state index in [1.807, 2.05) is 36.4 Å². The topological polar surface area (TPSA) is 30.7 Å². The van der Waals surface area contributed by atoms with E-state index in [0.717, 1.165) is 33.5 Å². The number of rotatable bonds is 3. The molecule has 0 saturated heterocycles. The maximum absolute atomic E-state index is 5.05. The molecule has 4 aromatic carbocycles. The fraction of sp³-hybridized carbons (Fsp3) is 0.0345. The molecule has 0 spiro atoms. The minimum absolute atomic E-state index is 0.682. The van der Waals surface area contributed by atoms with Gasteiger partial charge in [-0.3, -0.25) is 4.57 Å². The number of hydrogen-bond donors (Lipinski definition) is 0. The average molecular weight is 412 g/mol. The van der Waals surface area contributed by atoms with Crippen molar-refractivity contribution >= 4 is 21.8 Å². The summed E-state index contributed by atoms with van der Waals surface area (Å²) in [5, 5.41) is 2.47. The summed E-state index contributed by atoms with van der Waals surface area (Å²) in [6.07, 6.45) is 0. The molecule has 0 bridgehead atoms. The Bertz CT molecular complexity index is 1510. The monoisotopic (exact) mass is 411 g/mol. The number of benzene rings is 4. The van der Waals surface area contributed by atoms with Gasteiger partial charge in [-0.1, -0.05) is 91.0 Å². The first-order valence-electron chi connectivity index (χ1n) is 10.8. The first-order chi connectivity index (χ1) is 15.8. The van der Waals surface area contributed by atoms with Gasteiger partial charge in [0.1, 0.15) is 0 Å². The van der Waals surface area contributed by atoms with Crippen LogP contribution in [0.15, 0.2) is 109 Å². The van der Waals surface area contributed by atoms with Crippen molar-refractivity contribution in [3.63, 3.8) is 0 Å². The lowest BCUT2D eigenvalue weighted by molar-refractivity contribution is 0.995. The van der Waals surface area contributed by atoms with Gasteiger partial charge in [0.05, 0.1) is 22.4 Å². The molecule has 6 rings (SSSR count). The second-order valence-corrected chi connectivity index (χ2v) is 7.99. The molecule has 0 atom stereocenters. The summed E-state index contributed by atoms with van der Waals surface area (Å²) < 4.78 is 2.19. The molecular weight excluding hydrogens is 390 g/mol. The highest BCUT2D eigenvalue weighted by atomic mass is 15.2. The second-order valence-electron chi connectivity index (χ2n) is 7.99. The third-order valence-corrected chi connectivity index (χ3v) is 5.96. The highest BCUT2D eigenvalue weighted by Crippen LogP contribution is 2.34. The molecule has 0 aliphatic heterocycles. The molecular formula is C29H21N3. The number of aryl methyl sites for hydroxylation is 1. The van der Waals surface area contributed by atoms with Crippen LogP contribution in [0, 0.1) is 6.92 Å². The number of nitrogens with zero attached hydrogens (tertiary/aromatic N) is 3. The van der Waals surface area contributed by atoms with Gasteiger partial charge in [0, 0.05) is 21.9 Å². The Labute approximate surface area is 186 Å². The number of fused-ring (bicyclic) bond motifs is 3. The molecule has 2 heterocycles. The Kier molecular flexibility index (Phi) is 4.32. The summed E-state index contributed by atoms with van der Waals surface area (Å²) in [5.74, 6) is 0.682. The predicted molar refractivity (Wildman–Crippen MR) is 132 cm³/mol. The van der Waals surface area contributed by atoms with Crippen LogP contribution in [-0.2, 0) is 0 Å². The van der Waals surface area contributed by atoms with Crippen LogP contribution >= 0.6 is 0 Å². The molecule has 0 amide bonds. The van der Waals surface area contributed by atoms with Crippen LogP contribution < -0.4 is 0 Å². The number of para-hydroxylation sites is 1. The van der Waals surface area contributed by atoms with Gasteiger partial charge in [0.2, 0.25) is 5.95 Å². The van der Waals surface area contributed by atoms with E-state index in [4.69, 9.17) is 9.97 Å². The van der Waals surface area contributed by atoms with Gasteiger partial charge in [0.15, 0.2) is 0 Å². The van der Waals surface area contributed by atoms with Crippen LogP contribution in [0.4, 0.5) is 0 Å². The predicted octanol–water partition coefficient (Wildman–Crippen LogP) is 7.22. The molecule has 0 fully saturated rings. The van der Waals surface area contributed by atoms with Crippen molar-refractivity contribution in [2.75, 3.05) is 0 Å². The highest BCUT2D eigenvalue weighted by Gasteiger charge is 2.17. The van der Waals surface area contributed by atoms with Crippen molar-refractivity contribution in [3.05, 3.63) is 115 Å². The molecule has 152 valence electrons. The van der Waals surface area contributed by atoms with E-state index in [2.05, 4.69) is 84.3 Å². The van der Waals surface area contributed by atoms with Crippen molar-refractivity contribution < 1.29 is 0 Å². The van der Waals surface area contributed by atoms with Gasteiger partial charge >= 0.3 is 0 Å². The fourth-order valence-corrected chi connectivity index (χ4v) is 4.46. The Morgan fingerprint density at radius 3 is 1.78 bits per heavy atom. The first kappa shape index (κ1) is 18.5. The van der Waals surface area contributed by atoms with Gasteiger partial charge < -0.3 is 0 Å². The van der Waals surface area contributed by atoms with Crippen LogP contribution in [0.2, 0.25) is 0 Å². The van der Waals surface area contributed by atoms with Crippen LogP contribution in [-0.4, -0.2) is 14.5 Å². The zero-order valence-electron chi connectivity index (χ0n) is 17.7. The van der Waals surface area contributed by atoms with Crippen molar-refractivity contribution in [2.24, 2.45) is 0 Å². The second kappa shape index (κ2) is 7.47. The van der Waals surface area contributed by atoms with Gasteiger partial charge in [-0.25, -0.2) is 9.97 Å². The summed E-state index contributed by atoms with van der Waals surface area (Å²) in [5.41, 5.74) is 7.45. The largest absolute Gasteiger partial charge is 0.278 e. The van der Waals surface area contributed by atoms with Gasteiger partial charge in [-0.15, -0.1) is 0 Å². The van der Waals surface area contributed by atoms with Crippen LogP contribution in [0.3, 0.4) is 0 Å². The summed E-state index contributed by atoms with van der Waals surface area (Å²) in [4.78, 5) is 10.1. The summed E-state index contributed by atoms with van der Waals surface area (Å²) in [6.45, 7) is 2.16. The van der Waals surface area contributed by atoms with Gasteiger partial charge in [-0.05, 0) is 30.7 Å². The van der Waals surface area contributed by atoms with Crippen LogP contribution in [0.1, 0.15) is 5.56 Å². The molecule has 2 aromatic heterocycles.